The van der Waals surface area contributed by atoms with Crippen molar-refractivity contribution in [3.63, 3.8) is 0 Å². The summed E-state index contributed by atoms with van der Waals surface area (Å²) in [5, 5.41) is 24.0. The average molecular weight is 333 g/mol. The molecule has 1 N–H and O–H groups in total. The van der Waals surface area contributed by atoms with Gasteiger partial charge in [-0.25, -0.2) is 0 Å². The monoisotopic (exact) mass is 333 g/mol. The van der Waals surface area contributed by atoms with E-state index in [9.17, 15) is 25.0 Å². The number of nitrogens with zero attached hydrogens (tertiary/aromatic N) is 2. The van der Waals surface area contributed by atoms with Gasteiger partial charge in [0.1, 0.15) is 0 Å². The van der Waals surface area contributed by atoms with Gasteiger partial charge in [0.2, 0.25) is 5.91 Å². The predicted octanol–water partition coefficient (Wildman–Crippen LogP) is 3.52. The van der Waals surface area contributed by atoms with Gasteiger partial charge in [-0.1, -0.05) is 17.4 Å². The fraction of sp³-hybridized carbons (Fsp3) is 0.0714. The van der Waals surface area contributed by atoms with Gasteiger partial charge < -0.3 is 5.32 Å². The van der Waals surface area contributed by atoms with Crippen LogP contribution in [-0.2, 0) is 4.79 Å². The molecular formula is C14H11N3O5S. The summed E-state index contributed by atoms with van der Waals surface area (Å²) in [4.78, 5) is 32.8. The maximum absolute atomic E-state index is 11.9. The Balaban J connectivity index is 2.10. The van der Waals surface area contributed by atoms with E-state index in [1.54, 1.807) is 13.0 Å². The quantitative estimate of drug-likeness (QED) is 0.510. The van der Waals surface area contributed by atoms with E-state index >= 15 is 0 Å². The fourth-order valence-corrected chi connectivity index (χ4v) is 2.54. The molecular weight excluding hydrogens is 322 g/mol. The van der Waals surface area contributed by atoms with Crippen LogP contribution in [0.25, 0.3) is 6.08 Å². The number of amides is 1. The number of benzene rings is 1. The summed E-state index contributed by atoms with van der Waals surface area (Å²) >= 11 is 0.944. The number of thiophene rings is 1. The number of hydrogen-bond donors (Lipinski definition) is 1. The third-order valence-corrected chi connectivity index (χ3v) is 3.95. The number of carbonyl (C=O) groups excluding carboxylic acids is 1. The van der Waals surface area contributed by atoms with E-state index in [1.807, 2.05) is 0 Å². The Morgan fingerprint density at radius 3 is 2.52 bits per heavy atom. The molecule has 0 aliphatic heterocycles. The van der Waals surface area contributed by atoms with Crippen molar-refractivity contribution in [1.29, 1.82) is 0 Å². The summed E-state index contributed by atoms with van der Waals surface area (Å²) in [5.41, 5.74) is 0.609. The number of carbonyl (C=O) groups is 1. The van der Waals surface area contributed by atoms with Crippen LogP contribution in [0, 0.1) is 27.2 Å². The molecule has 0 unspecified atom stereocenters. The van der Waals surface area contributed by atoms with Crippen LogP contribution in [0.1, 0.15) is 10.4 Å². The van der Waals surface area contributed by atoms with E-state index in [1.165, 1.54) is 36.4 Å². The molecule has 0 radical (unpaired) electrons. The molecule has 9 heteroatoms. The van der Waals surface area contributed by atoms with Crippen molar-refractivity contribution in [2.75, 3.05) is 5.32 Å². The summed E-state index contributed by atoms with van der Waals surface area (Å²) in [7, 11) is 0. The topological polar surface area (TPSA) is 115 Å². The molecule has 2 aromatic rings. The van der Waals surface area contributed by atoms with Gasteiger partial charge in [-0.15, -0.1) is 0 Å². The Bertz CT molecular complexity index is 812. The summed E-state index contributed by atoms with van der Waals surface area (Å²) in [5.74, 6) is -0.482. The van der Waals surface area contributed by atoms with Gasteiger partial charge in [0, 0.05) is 23.1 Å². The van der Waals surface area contributed by atoms with E-state index in [0.29, 0.717) is 16.1 Å². The number of anilines is 1. The zero-order valence-electron chi connectivity index (χ0n) is 11.9. The molecule has 118 valence electrons. The molecule has 0 saturated carbocycles. The number of rotatable bonds is 5. The van der Waals surface area contributed by atoms with Gasteiger partial charge in [0.15, 0.2) is 0 Å². The molecule has 1 heterocycles. The van der Waals surface area contributed by atoms with E-state index in [2.05, 4.69) is 5.32 Å². The van der Waals surface area contributed by atoms with Crippen LogP contribution in [0.5, 0.6) is 0 Å². The third-order valence-electron chi connectivity index (χ3n) is 2.95. The van der Waals surface area contributed by atoms with Crippen molar-refractivity contribution < 1.29 is 14.6 Å². The molecule has 2 rings (SSSR count). The molecule has 0 atom stereocenters. The normalized spacial score (nSPS) is 10.7. The Hall–Kier alpha value is -3.07. The second kappa shape index (κ2) is 6.79. The van der Waals surface area contributed by atoms with Gasteiger partial charge in [0.05, 0.1) is 21.1 Å². The lowest BCUT2D eigenvalue weighted by Gasteiger charge is -2.06. The summed E-state index contributed by atoms with van der Waals surface area (Å²) in [6.45, 7) is 1.54. The second-order valence-corrected chi connectivity index (χ2v) is 5.56. The van der Waals surface area contributed by atoms with Crippen molar-refractivity contribution in [2.45, 2.75) is 6.92 Å². The fourth-order valence-electron chi connectivity index (χ4n) is 1.82. The molecule has 0 spiro atoms. The molecule has 1 aromatic heterocycles. The minimum absolute atomic E-state index is 0.0143. The average Bonchev–Trinajstić information content (AvgIpc) is 2.96. The molecule has 8 nitrogen and oxygen atoms in total. The Labute approximate surface area is 134 Å². The maximum Gasteiger partial charge on any atom is 0.324 e. The first-order chi connectivity index (χ1) is 10.9. The Kier molecular flexibility index (Phi) is 4.82. The van der Waals surface area contributed by atoms with Gasteiger partial charge in [-0.05, 0) is 25.1 Å². The lowest BCUT2D eigenvalue weighted by molar-refractivity contribution is -0.385. The highest BCUT2D eigenvalue weighted by Gasteiger charge is 2.14. The molecule has 0 fully saturated rings. The van der Waals surface area contributed by atoms with Gasteiger partial charge >= 0.3 is 5.00 Å². The van der Waals surface area contributed by atoms with Gasteiger partial charge in [-0.2, -0.15) is 0 Å². The minimum Gasteiger partial charge on any atom is -0.322 e. The predicted molar refractivity (Wildman–Crippen MR) is 86.5 cm³/mol. The van der Waals surface area contributed by atoms with Crippen LogP contribution in [-0.4, -0.2) is 15.8 Å². The van der Waals surface area contributed by atoms with Crippen molar-refractivity contribution in [1.82, 2.24) is 0 Å². The molecule has 0 bridgehead atoms. The maximum atomic E-state index is 11.9. The van der Waals surface area contributed by atoms with Crippen LogP contribution < -0.4 is 5.32 Å². The lowest BCUT2D eigenvalue weighted by Crippen LogP contribution is -2.09. The van der Waals surface area contributed by atoms with Crippen molar-refractivity contribution >= 4 is 39.7 Å². The smallest absolute Gasteiger partial charge is 0.322 e. The molecule has 1 amide bonds. The first kappa shape index (κ1) is 16.3. The minimum atomic E-state index is -0.522. The largest absolute Gasteiger partial charge is 0.324 e. The van der Waals surface area contributed by atoms with Crippen LogP contribution >= 0.6 is 11.3 Å². The number of nitro groups is 2. The second-order valence-electron chi connectivity index (χ2n) is 4.46. The van der Waals surface area contributed by atoms with Crippen LogP contribution in [0.15, 0.2) is 36.4 Å². The van der Waals surface area contributed by atoms with Crippen molar-refractivity contribution in [3.8, 4) is 0 Å². The van der Waals surface area contributed by atoms with Crippen LogP contribution in [0.3, 0.4) is 0 Å². The molecule has 23 heavy (non-hydrogen) atoms. The molecule has 0 aliphatic rings. The van der Waals surface area contributed by atoms with E-state index in [0.717, 1.165) is 11.3 Å². The first-order valence-electron chi connectivity index (χ1n) is 6.36. The number of nitrogens with one attached hydrogen (secondary N) is 1. The van der Waals surface area contributed by atoms with Gasteiger partial charge in [0.25, 0.3) is 5.69 Å². The highest BCUT2D eigenvalue weighted by Crippen LogP contribution is 2.26. The number of hydrogen-bond acceptors (Lipinski definition) is 6. The Morgan fingerprint density at radius 2 is 1.91 bits per heavy atom. The first-order valence-corrected chi connectivity index (χ1v) is 7.17. The summed E-state index contributed by atoms with van der Waals surface area (Å²) in [6.07, 6.45) is 2.66. The van der Waals surface area contributed by atoms with Crippen LogP contribution in [0.4, 0.5) is 16.4 Å². The van der Waals surface area contributed by atoms with E-state index < -0.39 is 15.8 Å². The van der Waals surface area contributed by atoms with E-state index in [4.69, 9.17) is 0 Å². The molecule has 0 aliphatic carbocycles. The summed E-state index contributed by atoms with van der Waals surface area (Å²) < 4.78 is 0. The third kappa shape index (κ3) is 3.98. The highest BCUT2D eigenvalue weighted by atomic mass is 32.1. The number of nitro benzene ring substituents is 1. The van der Waals surface area contributed by atoms with E-state index in [-0.39, 0.29) is 10.7 Å². The van der Waals surface area contributed by atoms with Crippen LogP contribution in [0.2, 0.25) is 0 Å². The van der Waals surface area contributed by atoms with Crippen molar-refractivity contribution in [3.05, 3.63) is 67.1 Å². The molecule has 1 aromatic carbocycles. The SMILES string of the molecule is Cc1c(NC(=O)/C=C/c2ccc([N+](=O)[O-])s2)cccc1[N+](=O)[O-]. The zero-order valence-corrected chi connectivity index (χ0v) is 12.7. The van der Waals surface area contributed by atoms with Crippen molar-refractivity contribution in [2.24, 2.45) is 0 Å². The van der Waals surface area contributed by atoms with Gasteiger partial charge in [-0.3, -0.25) is 25.0 Å². The standard InChI is InChI=1S/C14H11N3O5S/c1-9-11(3-2-4-12(9)16(19)20)15-13(18)7-5-10-6-8-14(23-10)17(21)22/h2-8H,1H3,(H,15,18)/b7-5+. The zero-order chi connectivity index (χ0) is 17.0. The highest BCUT2D eigenvalue weighted by molar-refractivity contribution is 7.16. The molecule has 0 saturated heterocycles. The Morgan fingerprint density at radius 1 is 1.17 bits per heavy atom. The lowest BCUT2D eigenvalue weighted by atomic mass is 10.1. The summed E-state index contributed by atoms with van der Waals surface area (Å²) in [6, 6.07) is 7.28.